The van der Waals surface area contributed by atoms with Gasteiger partial charge in [0.25, 0.3) is 0 Å². The Morgan fingerprint density at radius 1 is 1.15 bits per heavy atom. The van der Waals surface area contributed by atoms with Gasteiger partial charge in [0.2, 0.25) is 0 Å². The Balaban J connectivity index is 0.00000121. The van der Waals surface area contributed by atoms with Gasteiger partial charge < -0.3 is 15.0 Å². The molecule has 1 aliphatic carbocycles. The van der Waals surface area contributed by atoms with Crippen molar-refractivity contribution in [2.75, 3.05) is 26.7 Å². The third-order valence-corrected chi connectivity index (χ3v) is 5.74. The molecular weight excluding hydrogens is 365 g/mol. The Kier molecular flexibility index (Phi) is 4.45. The van der Waals surface area contributed by atoms with Crippen molar-refractivity contribution in [3.8, 4) is 0 Å². The molecule has 0 aromatic rings. The molecule has 0 aromatic heterocycles. The summed E-state index contributed by atoms with van der Waals surface area (Å²) in [5, 5.41) is 3.59. The summed E-state index contributed by atoms with van der Waals surface area (Å²) in [6, 6.07) is 0. The maximum Gasteiger partial charge on any atom is 0.193 e. The lowest BCUT2D eigenvalue weighted by Crippen LogP contribution is -2.43. The van der Waals surface area contributed by atoms with Gasteiger partial charge in [0.05, 0.1) is 12.2 Å². The molecule has 0 aromatic carbocycles. The molecule has 4 aliphatic rings. The Morgan fingerprint density at radius 2 is 1.80 bits per heavy atom. The molecule has 3 saturated heterocycles. The molecule has 0 amide bonds. The van der Waals surface area contributed by atoms with Gasteiger partial charge in [-0.2, -0.15) is 0 Å². The van der Waals surface area contributed by atoms with E-state index >= 15 is 0 Å². The molecule has 4 rings (SSSR count). The number of nitrogens with one attached hydrogen (secondary N) is 1. The molecule has 4 atom stereocenters. The van der Waals surface area contributed by atoms with Crippen molar-refractivity contribution >= 4 is 29.9 Å². The van der Waals surface area contributed by atoms with Gasteiger partial charge >= 0.3 is 0 Å². The van der Waals surface area contributed by atoms with Crippen molar-refractivity contribution < 1.29 is 4.74 Å². The van der Waals surface area contributed by atoms with E-state index in [4.69, 9.17) is 4.74 Å². The average molecular weight is 391 g/mol. The van der Waals surface area contributed by atoms with Crippen LogP contribution in [0, 0.1) is 17.8 Å². The van der Waals surface area contributed by atoms with Crippen LogP contribution in [-0.4, -0.2) is 49.7 Å². The van der Waals surface area contributed by atoms with Crippen molar-refractivity contribution in [2.24, 2.45) is 22.7 Å². The number of guanidine groups is 1. The first kappa shape index (κ1) is 14.9. The standard InChI is InChI=1S/C15H25N3O.HI/c1-16-15(17-7-10-3-2-4-10)18-8-11-12(9-18)14-6-5-13(11)19-14;/h10-14H,2-9H2,1H3,(H,16,17);1H. The molecule has 3 heterocycles. The second-order valence-electron chi connectivity index (χ2n) is 6.75. The van der Waals surface area contributed by atoms with E-state index < -0.39 is 0 Å². The maximum absolute atomic E-state index is 6.04. The Hall–Kier alpha value is -0.0400. The van der Waals surface area contributed by atoms with Crippen LogP contribution in [-0.2, 0) is 4.74 Å². The van der Waals surface area contributed by atoms with Gasteiger partial charge in [-0.25, -0.2) is 0 Å². The number of rotatable bonds is 2. The highest BCUT2D eigenvalue weighted by molar-refractivity contribution is 14.0. The van der Waals surface area contributed by atoms with Crippen LogP contribution in [0.4, 0.5) is 0 Å². The molecular formula is C15H26IN3O. The van der Waals surface area contributed by atoms with Crippen LogP contribution in [0.3, 0.4) is 0 Å². The van der Waals surface area contributed by atoms with Crippen LogP contribution < -0.4 is 5.32 Å². The largest absolute Gasteiger partial charge is 0.374 e. The third kappa shape index (κ3) is 2.45. The number of hydrogen-bond acceptors (Lipinski definition) is 2. The summed E-state index contributed by atoms with van der Waals surface area (Å²) in [5.41, 5.74) is 0. The molecule has 4 fully saturated rings. The number of fused-ring (bicyclic) bond motifs is 5. The number of nitrogens with zero attached hydrogens (tertiary/aromatic N) is 2. The smallest absolute Gasteiger partial charge is 0.193 e. The fraction of sp³-hybridized carbons (Fsp3) is 0.933. The lowest BCUT2D eigenvalue weighted by Gasteiger charge is -2.29. The zero-order valence-corrected chi connectivity index (χ0v) is 14.6. The summed E-state index contributed by atoms with van der Waals surface area (Å²) in [6.07, 6.45) is 7.87. The molecule has 0 radical (unpaired) electrons. The van der Waals surface area contributed by atoms with Crippen LogP contribution in [0.15, 0.2) is 4.99 Å². The van der Waals surface area contributed by atoms with Crippen molar-refractivity contribution in [1.29, 1.82) is 0 Å². The van der Waals surface area contributed by atoms with E-state index in [1.807, 2.05) is 7.05 Å². The van der Waals surface area contributed by atoms with Crippen LogP contribution in [0.2, 0.25) is 0 Å². The fourth-order valence-corrected chi connectivity index (χ4v) is 4.40. The van der Waals surface area contributed by atoms with Crippen molar-refractivity contribution in [3.63, 3.8) is 0 Å². The Labute approximate surface area is 138 Å². The number of halogens is 1. The normalized spacial score (nSPS) is 39.5. The summed E-state index contributed by atoms with van der Waals surface area (Å²) in [4.78, 5) is 6.96. The SMILES string of the molecule is CN=C(NCC1CCC1)N1CC2C3CCC(O3)C2C1.I. The summed E-state index contributed by atoms with van der Waals surface area (Å²) >= 11 is 0. The minimum Gasteiger partial charge on any atom is -0.374 e. The first-order valence-corrected chi connectivity index (χ1v) is 7.96. The molecule has 1 N–H and O–H groups in total. The predicted octanol–water partition coefficient (Wildman–Crippen LogP) is 2.09. The first-order chi connectivity index (χ1) is 9.35. The lowest BCUT2D eigenvalue weighted by molar-refractivity contribution is 0.0766. The van der Waals surface area contributed by atoms with E-state index in [0.717, 1.165) is 43.3 Å². The molecule has 20 heavy (non-hydrogen) atoms. The Bertz CT molecular complexity index is 367. The monoisotopic (exact) mass is 391 g/mol. The van der Waals surface area contributed by atoms with Crippen LogP contribution in [0.25, 0.3) is 0 Å². The van der Waals surface area contributed by atoms with Gasteiger partial charge in [-0.1, -0.05) is 6.42 Å². The highest BCUT2D eigenvalue weighted by Crippen LogP contribution is 2.47. The van der Waals surface area contributed by atoms with E-state index in [9.17, 15) is 0 Å². The van der Waals surface area contributed by atoms with E-state index in [-0.39, 0.29) is 24.0 Å². The molecule has 4 unspecified atom stereocenters. The van der Waals surface area contributed by atoms with E-state index in [0.29, 0.717) is 12.2 Å². The van der Waals surface area contributed by atoms with E-state index in [2.05, 4.69) is 15.2 Å². The molecule has 1 saturated carbocycles. The molecule has 4 nitrogen and oxygen atoms in total. The fourth-order valence-electron chi connectivity index (χ4n) is 4.40. The molecule has 2 bridgehead atoms. The number of hydrogen-bond donors (Lipinski definition) is 1. The van der Waals surface area contributed by atoms with Gasteiger partial charge in [-0.05, 0) is 31.6 Å². The first-order valence-electron chi connectivity index (χ1n) is 7.96. The highest BCUT2D eigenvalue weighted by Gasteiger charge is 2.53. The van der Waals surface area contributed by atoms with Crippen LogP contribution in [0.1, 0.15) is 32.1 Å². The van der Waals surface area contributed by atoms with E-state index in [1.165, 1.54) is 32.1 Å². The second-order valence-corrected chi connectivity index (χ2v) is 6.75. The minimum atomic E-state index is 0. The van der Waals surface area contributed by atoms with E-state index in [1.54, 1.807) is 0 Å². The summed E-state index contributed by atoms with van der Waals surface area (Å²) in [5.74, 6) is 3.54. The predicted molar refractivity (Wildman–Crippen MR) is 90.6 cm³/mol. The molecule has 3 aliphatic heterocycles. The second kappa shape index (κ2) is 5.99. The molecule has 5 heteroatoms. The summed E-state index contributed by atoms with van der Waals surface area (Å²) in [6.45, 7) is 3.41. The zero-order valence-electron chi connectivity index (χ0n) is 12.3. The third-order valence-electron chi connectivity index (χ3n) is 5.74. The Morgan fingerprint density at radius 3 is 2.30 bits per heavy atom. The number of likely N-dealkylation sites (tertiary alicyclic amines) is 1. The molecule has 0 spiro atoms. The topological polar surface area (TPSA) is 36.9 Å². The lowest BCUT2D eigenvalue weighted by atomic mass is 9.82. The molecule has 114 valence electrons. The van der Waals surface area contributed by atoms with Gasteiger partial charge in [0.15, 0.2) is 5.96 Å². The van der Waals surface area contributed by atoms with Gasteiger partial charge in [0, 0.05) is 38.5 Å². The van der Waals surface area contributed by atoms with Gasteiger partial charge in [0.1, 0.15) is 0 Å². The van der Waals surface area contributed by atoms with Crippen molar-refractivity contribution in [1.82, 2.24) is 10.2 Å². The van der Waals surface area contributed by atoms with Crippen molar-refractivity contribution in [2.45, 2.75) is 44.3 Å². The van der Waals surface area contributed by atoms with Crippen LogP contribution in [0.5, 0.6) is 0 Å². The summed E-state index contributed by atoms with van der Waals surface area (Å²) in [7, 11) is 1.92. The van der Waals surface area contributed by atoms with Gasteiger partial charge in [-0.3, -0.25) is 4.99 Å². The highest BCUT2D eigenvalue weighted by atomic mass is 127. The minimum absolute atomic E-state index is 0. The maximum atomic E-state index is 6.04. The number of ether oxygens (including phenoxy) is 1. The average Bonchev–Trinajstić information content (AvgIpc) is 3.02. The summed E-state index contributed by atoms with van der Waals surface area (Å²) < 4.78 is 6.04. The van der Waals surface area contributed by atoms with Gasteiger partial charge in [-0.15, -0.1) is 24.0 Å². The quantitative estimate of drug-likeness (QED) is 0.445. The van der Waals surface area contributed by atoms with Crippen LogP contribution >= 0.6 is 24.0 Å². The van der Waals surface area contributed by atoms with Crippen molar-refractivity contribution in [3.05, 3.63) is 0 Å². The number of aliphatic imine (C=N–C) groups is 1. The zero-order chi connectivity index (χ0) is 12.8.